The van der Waals surface area contributed by atoms with E-state index < -0.39 is 11.9 Å². The van der Waals surface area contributed by atoms with Crippen molar-refractivity contribution in [3.63, 3.8) is 0 Å². The Morgan fingerprint density at radius 3 is 2.39 bits per heavy atom. The van der Waals surface area contributed by atoms with Crippen LogP contribution in [0, 0.1) is 0 Å². The van der Waals surface area contributed by atoms with Crippen molar-refractivity contribution in [2.45, 2.75) is 6.04 Å². The van der Waals surface area contributed by atoms with Gasteiger partial charge < -0.3 is 23.9 Å². The number of rotatable bonds is 7. The Morgan fingerprint density at radius 2 is 1.77 bits per heavy atom. The molecule has 1 N–H and O–H groups in total. The largest absolute Gasteiger partial charge is 0.497 e. The van der Waals surface area contributed by atoms with Gasteiger partial charge >= 0.3 is 0 Å². The van der Waals surface area contributed by atoms with Gasteiger partial charge in [0.15, 0.2) is 11.5 Å². The van der Waals surface area contributed by atoms with Crippen LogP contribution in [0.15, 0.2) is 65.7 Å². The summed E-state index contributed by atoms with van der Waals surface area (Å²) in [5, 5.41) is 6.92. The molecule has 9 nitrogen and oxygen atoms in total. The van der Waals surface area contributed by atoms with Crippen molar-refractivity contribution in [3.8, 4) is 22.8 Å². The first-order valence-corrected chi connectivity index (χ1v) is 9.47. The second-order valence-electron chi connectivity index (χ2n) is 6.76. The molecule has 3 aromatic heterocycles. The van der Waals surface area contributed by atoms with Gasteiger partial charge in [-0.15, -0.1) is 0 Å². The zero-order valence-electron chi connectivity index (χ0n) is 17.3. The molecule has 0 aliphatic rings. The number of aryl methyl sites for hydroxylation is 1. The van der Waals surface area contributed by atoms with Gasteiger partial charge in [-0.3, -0.25) is 9.78 Å². The normalized spacial score (nSPS) is 11.7. The molecule has 0 spiro atoms. The predicted molar refractivity (Wildman–Crippen MR) is 112 cm³/mol. The molecule has 0 aliphatic carbocycles. The summed E-state index contributed by atoms with van der Waals surface area (Å²) in [4.78, 5) is 21.4. The molecule has 0 aliphatic heterocycles. The van der Waals surface area contributed by atoms with Crippen LogP contribution < -0.4 is 14.8 Å². The predicted octanol–water partition coefficient (Wildman–Crippen LogP) is 3.01. The Bertz CT molecular complexity index is 1160. The van der Waals surface area contributed by atoms with Crippen molar-refractivity contribution < 1.29 is 18.8 Å². The van der Waals surface area contributed by atoms with Crippen molar-refractivity contribution >= 4 is 5.91 Å². The highest BCUT2D eigenvalue weighted by molar-refractivity contribution is 5.93. The summed E-state index contributed by atoms with van der Waals surface area (Å²) in [5.74, 6) is 1.91. The van der Waals surface area contributed by atoms with E-state index in [1.807, 2.05) is 29.9 Å². The minimum absolute atomic E-state index is 0.154. The van der Waals surface area contributed by atoms with E-state index in [2.05, 4.69) is 20.4 Å². The zero-order chi connectivity index (χ0) is 21.8. The molecule has 4 rings (SSSR count). The third-order valence-corrected chi connectivity index (χ3v) is 4.81. The van der Waals surface area contributed by atoms with Gasteiger partial charge in [0, 0.05) is 49.5 Å². The number of pyridine rings is 1. The summed E-state index contributed by atoms with van der Waals surface area (Å²) in [6.45, 7) is 0. The molecule has 0 fully saturated rings. The van der Waals surface area contributed by atoms with Crippen LogP contribution >= 0.6 is 0 Å². The molecule has 0 saturated carbocycles. The van der Waals surface area contributed by atoms with Gasteiger partial charge in [-0.25, -0.2) is 4.98 Å². The van der Waals surface area contributed by atoms with Gasteiger partial charge in [0.2, 0.25) is 0 Å². The second kappa shape index (κ2) is 8.70. The van der Waals surface area contributed by atoms with Crippen LogP contribution in [0.4, 0.5) is 0 Å². The van der Waals surface area contributed by atoms with Crippen molar-refractivity contribution in [2.24, 2.45) is 7.05 Å². The van der Waals surface area contributed by atoms with Crippen LogP contribution in [0.25, 0.3) is 11.3 Å². The standard InChI is InChI=1S/C22H21N5O4/c1-27-9-8-24-21(27)20(15-10-16(29-2)12-17(11-15)30-3)25-22(28)18-13-19(31-26-18)14-4-6-23-7-5-14/h4-13,20H,1-3H3,(H,25,28). The van der Waals surface area contributed by atoms with E-state index >= 15 is 0 Å². The highest BCUT2D eigenvalue weighted by Gasteiger charge is 2.24. The van der Waals surface area contributed by atoms with Crippen molar-refractivity contribution in [2.75, 3.05) is 14.2 Å². The average molecular weight is 419 g/mol. The molecule has 9 heteroatoms. The molecule has 1 amide bonds. The smallest absolute Gasteiger partial charge is 0.274 e. The zero-order valence-corrected chi connectivity index (χ0v) is 17.3. The highest BCUT2D eigenvalue weighted by atomic mass is 16.5. The fourth-order valence-corrected chi connectivity index (χ4v) is 3.19. The van der Waals surface area contributed by atoms with Gasteiger partial charge in [-0.1, -0.05) is 5.16 Å². The van der Waals surface area contributed by atoms with E-state index in [0.717, 1.165) is 11.1 Å². The molecule has 1 unspecified atom stereocenters. The number of benzene rings is 1. The van der Waals surface area contributed by atoms with E-state index in [1.54, 1.807) is 57.1 Å². The Balaban J connectivity index is 1.67. The number of hydrogen-bond donors (Lipinski definition) is 1. The number of carbonyl (C=O) groups is 1. The molecule has 4 aromatic rings. The Kier molecular flexibility index (Phi) is 5.65. The number of carbonyl (C=O) groups excluding carboxylic acids is 1. The monoisotopic (exact) mass is 419 g/mol. The number of imidazole rings is 1. The van der Waals surface area contributed by atoms with Gasteiger partial charge in [0.05, 0.1) is 14.2 Å². The average Bonchev–Trinajstić information content (AvgIpc) is 3.47. The SMILES string of the molecule is COc1cc(OC)cc(C(NC(=O)c2cc(-c3ccncc3)on2)c2nccn2C)c1. The summed E-state index contributed by atoms with van der Waals surface area (Å²) in [7, 11) is 5.00. The first-order chi connectivity index (χ1) is 15.1. The number of hydrogen-bond acceptors (Lipinski definition) is 7. The van der Waals surface area contributed by atoms with Crippen LogP contribution in [0.1, 0.15) is 27.9 Å². The van der Waals surface area contributed by atoms with Crippen molar-refractivity contribution in [1.29, 1.82) is 0 Å². The summed E-state index contributed by atoms with van der Waals surface area (Å²) in [6, 6.07) is 9.99. The number of nitrogens with one attached hydrogen (secondary N) is 1. The highest BCUT2D eigenvalue weighted by Crippen LogP contribution is 2.30. The van der Waals surface area contributed by atoms with Crippen LogP contribution in [-0.2, 0) is 7.05 Å². The van der Waals surface area contributed by atoms with E-state index in [1.165, 1.54) is 0 Å². The third-order valence-electron chi connectivity index (χ3n) is 4.81. The quantitative estimate of drug-likeness (QED) is 0.491. The fourth-order valence-electron chi connectivity index (χ4n) is 3.19. The maximum absolute atomic E-state index is 13.0. The molecule has 0 bridgehead atoms. The third kappa shape index (κ3) is 4.25. The topological polar surface area (TPSA) is 104 Å². The van der Waals surface area contributed by atoms with Gasteiger partial charge in [0.25, 0.3) is 5.91 Å². The minimum Gasteiger partial charge on any atom is -0.497 e. The molecule has 3 heterocycles. The lowest BCUT2D eigenvalue weighted by Gasteiger charge is -2.20. The lowest BCUT2D eigenvalue weighted by Crippen LogP contribution is -2.31. The molecular formula is C22H21N5O4. The van der Waals surface area contributed by atoms with Crippen LogP contribution in [0.5, 0.6) is 11.5 Å². The van der Waals surface area contributed by atoms with E-state index in [9.17, 15) is 4.79 Å². The number of ether oxygens (including phenoxy) is 2. The summed E-state index contributed by atoms with van der Waals surface area (Å²) in [5.41, 5.74) is 1.68. The van der Waals surface area contributed by atoms with E-state index in [0.29, 0.717) is 23.1 Å². The Morgan fingerprint density at radius 1 is 1.06 bits per heavy atom. The molecule has 1 atom stereocenters. The number of aromatic nitrogens is 4. The molecular weight excluding hydrogens is 398 g/mol. The van der Waals surface area contributed by atoms with Gasteiger partial charge in [-0.05, 0) is 29.8 Å². The number of methoxy groups -OCH3 is 2. The lowest BCUT2D eigenvalue weighted by atomic mass is 10.0. The second-order valence-corrected chi connectivity index (χ2v) is 6.76. The fraction of sp³-hybridized carbons (Fsp3) is 0.182. The maximum Gasteiger partial charge on any atom is 0.274 e. The summed E-state index contributed by atoms with van der Waals surface area (Å²) >= 11 is 0. The number of nitrogens with zero attached hydrogens (tertiary/aromatic N) is 4. The lowest BCUT2D eigenvalue weighted by molar-refractivity contribution is 0.0932. The van der Waals surface area contributed by atoms with Crippen LogP contribution in [-0.4, -0.2) is 39.8 Å². The first kappa shape index (κ1) is 20.1. The summed E-state index contributed by atoms with van der Waals surface area (Å²) in [6.07, 6.45) is 6.77. The summed E-state index contributed by atoms with van der Waals surface area (Å²) < 4.78 is 18.0. The molecule has 0 radical (unpaired) electrons. The van der Waals surface area contributed by atoms with E-state index in [4.69, 9.17) is 14.0 Å². The molecule has 158 valence electrons. The molecule has 31 heavy (non-hydrogen) atoms. The Hall–Kier alpha value is -4.14. The van der Waals surface area contributed by atoms with Crippen LogP contribution in [0.2, 0.25) is 0 Å². The Labute approximate surface area is 178 Å². The van der Waals surface area contributed by atoms with E-state index in [-0.39, 0.29) is 5.69 Å². The molecule has 1 aromatic carbocycles. The number of amides is 1. The van der Waals surface area contributed by atoms with Gasteiger partial charge in [-0.2, -0.15) is 0 Å². The molecule has 0 saturated heterocycles. The first-order valence-electron chi connectivity index (χ1n) is 9.47. The van der Waals surface area contributed by atoms with Crippen LogP contribution in [0.3, 0.4) is 0 Å². The van der Waals surface area contributed by atoms with Crippen molar-refractivity contribution in [3.05, 3.63) is 78.3 Å². The maximum atomic E-state index is 13.0. The van der Waals surface area contributed by atoms with Gasteiger partial charge in [0.1, 0.15) is 23.4 Å². The van der Waals surface area contributed by atoms with Crippen molar-refractivity contribution in [1.82, 2.24) is 25.0 Å². The minimum atomic E-state index is -0.572.